The molecule has 1 aromatic carbocycles. The number of amides is 3. The highest BCUT2D eigenvalue weighted by atomic mass is 16.3. The molecule has 0 spiro atoms. The molecule has 0 aliphatic rings. The minimum Gasteiger partial charge on any atom is -0.394 e. The fraction of sp³-hybridized carbons (Fsp3) is 0.500. The Morgan fingerprint density at radius 2 is 1.62 bits per heavy atom. The Labute approximate surface area is 153 Å². The maximum atomic E-state index is 12.7. The van der Waals surface area contributed by atoms with Crippen molar-refractivity contribution in [1.29, 1.82) is 0 Å². The molecule has 0 fully saturated rings. The Balaban J connectivity index is 2.92. The number of nitrogens with two attached hydrogens (primary N) is 2. The molecule has 1 rings (SSSR count). The normalized spacial score (nSPS) is 14.3. The number of carbonyl (C=O) groups is 3. The third kappa shape index (κ3) is 7.20. The standard InChI is InChI=1S/C18H28N4O4/c1-11(2)8-14(16(20)24)21-18(26)15(22-17(25)13(19)10-23)9-12-6-4-3-5-7-12/h3-7,11,13-15,23H,8-10,19H2,1-2H3,(H2,20,24)(H,21,26)(H,22,25)/t13-,14-,15-/m0/s1. The summed E-state index contributed by atoms with van der Waals surface area (Å²) >= 11 is 0. The lowest BCUT2D eigenvalue weighted by Gasteiger charge is -2.24. The van der Waals surface area contributed by atoms with Gasteiger partial charge in [-0.15, -0.1) is 0 Å². The molecule has 0 aliphatic carbocycles. The molecule has 0 bridgehead atoms. The lowest BCUT2D eigenvalue weighted by molar-refractivity contribution is -0.132. The van der Waals surface area contributed by atoms with E-state index >= 15 is 0 Å². The van der Waals surface area contributed by atoms with Gasteiger partial charge in [0.25, 0.3) is 0 Å². The average molecular weight is 364 g/mol. The molecular formula is C18H28N4O4. The molecule has 26 heavy (non-hydrogen) atoms. The zero-order chi connectivity index (χ0) is 19.7. The Morgan fingerprint density at radius 1 is 1.04 bits per heavy atom. The fourth-order valence-corrected chi connectivity index (χ4v) is 2.41. The molecule has 0 saturated heterocycles. The monoisotopic (exact) mass is 364 g/mol. The maximum absolute atomic E-state index is 12.7. The van der Waals surface area contributed by atoms with E-state index in [0.717, 1.165) is 5.56 Å². The molecule has 3 atom stereocenters. The first-order chi connectivity index (χ1) is 12.2. The maximum Gasteiger partial charge on any atom is 0.243 e. The number of aliphatic hydroxyl groups excluding tert-OH is 1. The molecule has 8 nitrogen and oxygen atoms in total. The van der Waals surface area contributed by atoms with Crippen molar-refractivity contribution >= 4 is 17.7 Å². The number of hydrogen-bond donors (Lipinski definition) is 5. The van der Waals surface area contributed by atoms with Gasteiger partial charge in [0, 0.05) is 6.42 Å². The van der Waals surface area contributed by atoms with Crippen molar-refractivity contribution in [3.05, 3.63) is 35.9 Å². The zero-order valence-electron chi connectivity index (χ0n) is 15.1. The SMILES string of the molecule is CC(C)C[C@H](NC(=O)[C@H](Cc1ccccc1)NC(=O)[C@@H](N)CO)C(N)=O. The minimum atomic E-state index is -1.14. The van der Waals surface area contributed by atoms with Gasteiger partial charge >= 0.3 is 0 Å². The summed E-state index contributed by atoms with van der Waals surface area (Å²) in [5.74, 6) is -1.67. The molecular weight excluding hydrogens is 336 g/mol. The molecule has 144 valence electrons. The number of nitrogens with one attached hydrogen (secondary N) is 2. The number of hydrogen-bond acceptors (Lipinski definition) is 5. The third-order valence-corrected chi connectivity index (χ3v) is 3.82. The molecule has 8 heteroatoms. The van der Waals surface area contributed by atoms with Crippen molar-refractivity contribution in [2.45, 2.75) is 44.8 Å². The minimum absolute atomic E-state index is 0.151. The number of benzene rings is 1. The molecule has 1 aromatic rings. The summed E-state index contributed by atoms with van der Waals surface area (Å²) < 4.78 is 0. The van der Waals surface area contributed by atoms with Crippen LogP contribution in [0.3, 0.4) is 0 Å². The molecule has 3 amide bonds. The summed E-state index contributed by atoms with van der Waals surface area (Å²) in [6, 6.07) is 6.19. The first-order valence-corrected chi connectivity index (χ1v) is 8.55. The number of aliphatic hydroxyl groups is 1. The van der Waals surface area contributed by atoms with Gasteiger partial charge in [-0.25, -0.2) is 0 Å². The van der Waals surface area contributed by atoms with Crippen LogP contribution in [0.4, 0.5) is 0 Å². The first-order valence-electron chi connectivity index (χ1n) is 8.55. The van der Waals surface area contributed by atoms with Crippen LogP contribution >= 0.6 is 0 Å². The summed E-state index contributed by atoms with van der Waals surface area (Å²) in [7, 11) is 0. The summed E-state index contributed by atoms with van der Waals surface area (Å²) in [5.41, 5.74) is 11.7. The predicted molar refractivity (Wildman–Crippen MR) is 97.7 cm³/mol. The van der Waals surface area contributed by atoms with Crippen molar-refractivity contribution in [1.82, 2.24) is 10.6 Å². The van der Waals surface area contributed by atoms with E-state index in [9.17, 15) is 14.4 Å². The second-order valence-corrected chi connectivity index (χ2v) is 6.63. The highest BCUT2D eigenvalue weighted by Crippen LogP contribution is 2.07. The molecule has 0 aliphatic heterocycles. The fourth-order valence-electron chi connectivity index (χ4n) is 2.41. The van der Waals surface area contributed by atoms with Crippen LogP contribution in [0.15, 0.2) is 30.3 Å². The van der Waals surface area contributed by atoms with Crippen molar-refractivity contribution in [2.24, 2.45) is 17.4 Å². The van der Waals surface area contributed by atoms with Crippen LogP contribution in [0.5, 0.6) is 0 Å². The van der Waals surface area contributed by atoms with E-state index in [2.05, 4.69) is 10.6 Å². The van der Waals surface area contributed by atoms with Crippen LogP contribution in [-0.4, -0.2) is 47.6 Å². The van der Waals surface area contributed by atoms with Gasteiger partial charge in [-0.05, 0) is 17.9 Å². The van der Waals surface area contributed by atoms with Gasteiger partial charge in [0.15, 0.2) is 0 Å². The number of rotatable bonds is 10. The second kappa shape index (κ2) is 10.5. The lowest BCUT2D eigenvalue weighted by Crippen LogP contribution is -2.56. The van der Waals surface area contributed by atoms with Crippen LogP contribution in [0.1, 0.15) is 25.8 Å². The van der Waals surface area contributed by atoms with Crippen molar-refractivity contribution in [3.63, 3.8) is 0 Å². The van der Waals surface area contributed by atoms with Crippen LogP contribution < -0.4 is 22.1 Å². The highest BCUT2D eigenvalue weighted by Gasteiger charge is 2.27. The van der Waals surface area contributed by atoms with Gasteiger partial charge < -0.3 is 27.2 Å². The van der Waals surface area contributed by atoms with Crippen LogP contribution in [0, 0.1) is 5.92 Å². The van der Waals surface area contributed by atoms with E-state index in [4.69, 9.17) is 16.6 Å². The van der Waals surface area contributed by atoms with Crippen LogP contribution in [0.2, 0.25) is 0 Å². The first kappa shape index (κ1) is 21.6. The molecule has 7 N–H and O–H groups in total. The van der Waals surface area contributed by atoms with Gasteiger partial charge in [0.05, 0.1) is 6.61 Å². The Kier molecular flexibility index (Phi) is 8.74. The van der Waals surface area contributed by atoms with E-state index < -0.39 is 42.5 Å². The second-order valence-electron chi connectivity index (χ2n) is 6.63. The van der Waals surface area contributed by atoms with Gasteiger partial charge in [-0.3, -0.25) is 14.4 Å². The van der Waals surface area contributed by atoms with Crippen LogP contribution in [-0.2, 0) is 20.8 Å². The van der Waals surface area contributed by atoms with Gasteiger partial charge in [0.2, 0.25) is 17.7 Å². The topological polar surface area (TPSA) is 148 Å². The number of carbonyl (C=O) groups excluding carboxylic acids is 3. The van der Waals surface area contributed by atoms with Crippen LogP contribution in [0.25, 0.3) is 0 Å². The quantitative estimate of drug-likeness (QED) is 0.363. The van der Waals surface area contributed by atoms with Gasteiger partial charge in [-0.1, -0.05) is 44.2 Å². The lowest BCUT2D eigenvalue weighted by atomic mass is 10.0. The van der Waals surface area contributed by atoms with Gasteiger partial charge in [0.1, 0.15) is 18.1 Å². The third-order valence-electron chi connectivity index (χ3n) is 3.82. The summed E-state index contributed by atoms with van der Waals surface area (Å²) in [6.07, 6.45) is 0.604. The van der Waals surface area contributed by atoms with E-state index in [1.165, 1.54) is 0 Å². The smallest absolute Gasteiger partial charge is 0.243 e. The molecule has 0 heterocycles. The molecule has 0 saturated carbocycles. The van der Waals surface area contributed by atoms with Crippen molar-refractivity contribution in [2.75, 3.05) is 6.61 Å². The molecule has 0 radical (unpaired) electrons. The Morgan fingerprint density at radius 3 is 2.12 bits per heavy atom. The molecule has 0 unspecified atom stereocenters. The zero-order valence-corrected chi connectivity index (χ0v) is 15.1. The van der Waals surface area contributed by atoms with E-state index in [-0.39, 0.29) is 12.3 Å². The van der Waals surface area contributed by atoms with Crippen molar-refractivity contribution in [3.8, 4) is 0 Å². The van der Waals surface area contributed by atoms with Crippen molar-refractivity contribution < 1.29 is 19.5 Å². The molecule has 0 aromatic heterocycles. The predicted octanol–water partition coefficient (Wildman–Crippen LogP) is -0.950. The Hall–Kier alpha value is -2.45. The van der Waals surface area contributed by atoms with E-state index in [1.807, 2.05) is 44.2 Å². The highest BCUT2D eigenvalue weighted by molar-refractivity contribution is 5.92. The van der Waals surface area contributed by atoms with E-state index in [0.29, 0.717) is 6.42 Å². The summed E-state index contributed by atoms with van der Waals surface area (Å²) in [5, 5.41) is 14.1. The number of primary amides is 1. The van der Waals surface area contributed by atoms with E-state index in [1.54, 1.807) is 0 Å². The van der Waals surface area contributed by atoms with Gasteiger partial charge in [-0.2, -0.15) is 0 Å². The summed E-state index contributed by atoms with van der Waals surface area (Å²) in [6.45, 7) is 3.28. The average Bonchev–Trinajstić information content (AvgIpc) is 2.60. The Bertz CT molecular complexity index is 606. The summed E-state index contributed by atoms with van der Waals surface area (Å²) in [4.78, 5) is 36.3. The largest absolute Gasteiger partial charge is 0.394 e.